The molecule has 216 valence electrons. The summed E-state index contributed by atoms with van der Waals surface area (Å²) in [5.74, 6) is -1.73. The molecule has 6 nitrogen and oxygen atoms in total. The van der Waals surface area contributed by atoms with Crippen LogP contribution in [-0.4, -0.2) is 35.7 Å². The fourth-order valence-corrected chi connectivity index (χ4v) is 6.25. The number of nitrogens with zero attached hydrogens (tertiary/aromatic N) is 1. The summed E-state index contributed by atoms with van der Waals surface area (Å²) in [6, 6.07) is 8.14. The van der Waals surface area contributed by atoms with Gasteiger partial charge in [0.05, 0.1) is 27.8 Å². The summed E-state index contributed by atoms with van der Waals surface area (Å²) < 4.78 is 27.3. The van der Waals surface area contributed by atoms with E-state index < -0.39 is 23.5 Å². The van der Waals surface area contributed by atoms with Crippen LogP contribution in [0.4, 0.5) is 10.1 Å². The van der Waals surface area contributed by atoms with Crippen LogP contribution < -0.4 is 9.64 Å². The van der Waals surface area contributed by atoms with Crippen molar-refractivity contribution in [1.29, 1.82) is 0 Å². The number of carbonyl (C=O) groups excluding carboxylic acids is 1. The number of benzene rings is 3. The normalized spacial score (nSPS) is 15.3. The third-order valence-corrected chi connectivity index (χ3v) is 8.44. The van der Waals surface area contributed by atoms with Crippen molar-refractivity contribution in [3.05, 3.63) is 79.6 Å². The van der Waals surface area contributed by atoms with E-state index in [0.717, 1.165) is 23.1 Å². The van der Waals surface area contributed by atoms with Gasteiger partial charge in [-0.05, 0) is 106 Å². The van der Waals surface area contributed by atoms with Gasteiger partial charge >= 0.3 is 5.97 Å². The summed E-state index contributed by atoms with van der Waals surface area (Å²) in [5.41, 5.74) is 4.65. The summed E-state index contributed by atoms with van der Waals surface area (Å²) in [4.78, 5) is 28.1. The third-order valence-electron chi connectivity index (χ3n) is 7.63. The monoisotopic (exact) mass is 599 g/mol. The van der Waals surface area contributed by atoms with E-state index in [-0.39, 0.29) is 27.3 Å². The van der Waals surface area contributed by atoms with Gasteiger partial charge in [0.25, 0.3) is 5.91 Å². The standard InChI is InChI=1S/C32H32Cl2FNO5/c1-16-14-24-19(11-12-36(24)30(37)20-8-6-10-22(33)27(20)34)26(25(16)29(31(38)39)41-32(3,4)5)21-15-23(35)28-18(17(21)2)9-7-13-40-28/h6,8,10,14-15,29H,7,9,11-13H2,1-5H3,(H,38,39)/t29-/m0/s1. The first kappa shape index (κ1) is 29.4. The molecule has 0 aliphatic carbocycles. The Hall–Kier alpha value is -3.13. The van der Waals surface area contributed by atoms with E-state index in [0.29, 0.717) is 53.9 Å². The highest BCUT2D eigenvalue weighted by Crippen LogP contribution is 2.48. The van der Waals surface area contributed by atoms with Crippen molar-refractivity contribution in [1.82, 2.24) is 0 Å². The Labute approximate surface area is 249 Å². The second-order valence-electron chi connectivity index (χ2n) is 11.5. The molecule has 0 fully saturated rings. The van der Waals surface area contributed by atoms with Crippen LogP contribution in [0.15, 0.2) is 30.3 Å². The number of aryl methyl sites for hydroxylation is 1. The lowest BCUT2D eigenvalue weighted by atomic mass is 9.83. The minimum absolute atomic E-state index is 0.165. The number of carboxylic acids is 1. The summed E-state index contributed by atoms with van der Waals surface area (Å²) >= 11 is 12.6. The van der Waals surface area contributed by atoms with Crippen molar-refractivity contribution < 1.29 is 28.6 Å². The Kier molecular flexibility index (Phi) is 7.83. The maximum atomic E-state index is 15.6. The third kappa shape index (κ3) is 5.31. The minimum atomic E-state index is -1.32. The molecule has 2 heterocycles. The molecule has 2 aliphatic heterocycles. The van der Waals surface area contributed by atoms with E-state index in [2.05, 4.69) is 0 Å². The molecule has 41 heavy (non-hydrogen) atoms. The fraction of sp³-hybridized carbons (Fsp3) is 0.375. The smallest absolute Gasteiger partial charge is 0.337 e. The Bertz CT molecular complexity index is 1580. The lowest BCUT2D eigenvalue weighted by Gasteiger charge is -2.30. The van der Waals surface area contributed by atoms with Crippen molar-refractivity contribution in [2.24, 2.45) is 0 Å². The van der Waals surface area contributed by atoms with E-state index in [1.807, 2.05) is 13.0 Å². The van der Waals surface area contributed by atoms with Crippen LogP contribution in [0, 0.1) is 19.7 Å². The van der Waals surface area contributed by atoms with Crippen LogP contribution in [0.25, 0.3) is 11.1 Å². The summed E-state index contributed by atoms with van der Waals surface area (Å²) in [7, 11) is 0. The number of hydrogen-bond acceptors (Lipinski definition) is 4. The van der Waals surface area contributed by atoms with Crippen molar-refractivity contribution >= 4 is 40.8 Å². The highest BCUT2D eigenvalue weighted by molar-refractivity contribution is 6.44. The van der Waals surface area contributed by atoms with Gasteiger partial charge < -0.3 is 19.5 Å². The molecular weight excluding hydrogens is 568 g/mol. The second-order valence-corrected chi connectivity index (χ2v) is 12.3. The lowest BCUT2D eigenvalue weighted by molar-refractivity contribution is -0.160. The van der Waals surface area contributed by atoms with E-state index in [9.17, 15) is 14.7 Å². The zero-order chi connectivity index (χ0) is 29.8. The number of amides is 1. The van der Waals surface area contributed by atoms with Crippen molar-refractivity contribution in [3.63, 3.8) is 0 Å². The average Bonchev–Trinajstić information content (AvgIpc) is 3.33. The van der Waals surface area contributed by atoms with Crippen LogP contribution in [0.1, 0.15) is 71.5 Å². The first-order chi connectivity index (χ1) is 19.3. The molecule has 1 amide bonds. The van der Waals surface area contributed by atoms with Gasteiger partial charge in [0.15, 0.2) is 17.7 Å². The Morgan fingerprint density at radius 1 is 1.12 bits per heavy atom. The molecule has 0 unspecified atom stereocenters. The molecule has 9 heteroatoms. The zero-order valence-electron chi connectivity index (χ0n) is 23.7. The minimum Gasteiger partial charge on any atom is -0.490 e. The van der Waals surface area contributed by atoms with Crippen LogP contribution >= 0.6 is 23.2 Å². The summed E-state index contributed by atoms with van der Waals surface area (Å²) in [5, 5.41) is 10.8. The van der Waals surface area contributed by atoms with Crippen molar-refractivity contribution in [3.8, 4) is 16.9 Å². The number of rotatable bonds is 5. The van der Waals surface area contributed by atoms with Crippen LogP contribution in [0.3, 0.4) is 0 Å². The quantitative estimate of drug-likeness (QED) is 0.323. The number of aliphatic carboxylic acids is 1. The van der Waals surface area contributed by atoms with E-state index >= 15 is 4.39 Å². The molecular formula is C32H32Cl2FNO5. The maximum Gasteiger partial charge on any atom is 0.337 e. The van der Waals surface area contributed by atoms with Gasteiger partial charge in [-0.3, -0.25) is 4.79 Å². The molecule has 0 spiro atoms. The van der Waals surface area contributed by atoms with Gasteiger partial charge in [-0.2, -0.15) is 0 Å². The predicted octanol–water partition coefficient (Wildman–Crippen LogP) is 7.89. The highest BCUT2D eigenvalue weighted by atomic mass is 35.5. The molecule has 1 N–H and O–H groups in total. The molecule has 3 aromatic carbocycles. The largest absolute Gasteiger partial charge is 0.490 e. The van der Waals surface area contributed by atoms with Gasteiger partial charge in [-0.25, -0.2) is 9.18 Å². The van der Waals surface area contributed by atoms with Gasteiger partial charge in [0.2, 0.25) is 0 Å². The van der Waals surface area contributed by atoms with Crippen LogP contribution in [0.5, 0.6) is 5.75 Å². The summed E-state index contributed by atoms with van der Waals surface area (Å²) in [6.45, 7) is 9.86. The molecule has 0 radical (unpaired) electrons. The average molecular weight is 601 g/mol. The van der Waals surface area contributed by atoms with Gasteiger partial charge in [-0.1, -0.05) is 29.3 Å². The molecule has 3 aromatic rings. The highest BCUT2D eigenvalue weighted by Gasteiger charge is 2.37. The fourth-order valence-electron chi connectivity index (χ4n) is 5.87. The number of carboxylic acid groups (broad SMARTS) is 1. The number of carbonyl (C=O) groups is 2. The number of anilines is 1. The SMILES string of the molecule is Cc1cc2c(c(-c3cc(F)c4c(c3C)CCCO4)c1[C@H](OC(C)(C)C)C(=O)O)CCN2C(=O)c1cccc(Cl)c1Cl. The lowest BCUT2D eigenvalue weighted by Crippen LogP contribution is -2.30. The molecule has 0 bridgehead atoms. The number of fused-ring (bicyclic) bond motifs is 2. The van der Waals surface area contributed by atoms with Crippen molar-refractivity contribution in [2.75, 3.05) is 18.1 Å². The number of ether oxygens (including phenoxy) is 2. The van der Waals surface area contributed by atoms with E-state index in [1.165, 1.54) is 6.07 Å². The van der Waals surface area contributed by atoms with Gasteiger partial charge in [0.1, 0.15) is 0 Å². The summed E-state index contributed by atoms with van der Waals surface area (Å²) in [6.07, 6.45) is 0.507. The topological polar surface area (TPSA) is 76.1 Å². The zero-order valence-corrected chi connectivity index (χ0v) is 25.2. The molecule has 5 rings (SSSR count). The van der Waals surface area contributed by atoms with E-state index in [4.69, 9.17) is 32.7 Å². The molecule has 0 saturated carbocycles. The molecule has 1 atom stereocenters. The molecule has 0 saturated heterocycles. The van der Waals surface area contributed by atoms with Crippen LogP contribution in [0.2, 0.25) is 10.0 Å². The van der Waals surface area contributed by atoms with Crippen molar-refractivity contribution in [2.45, 2.75) is 65.6 Å². The van der Waals surface area contributed by atoms with Crippen LogP contribution in [-0.2, 0) is 22.4 Å². The molecule has 0 aromatic heterocycles. The Morgan fingerprint density at radius 3 is 2.54 bits per heavy atom. The first-order valence-electron chi connectivity index (χ1n) is 13.6. The van der Waals surface area contributed by atoms with Gasteiger partial charge in [0, 0.05) is 23.4 Å². The predicted molar refractivity (Wildman–Crippen MR) is 158 cm³/mol. The molecule has 2 aliphatic rings. The first-order valence-corrected chi connectivity index (χ1v) is 14.3. The van der Waals surface area contributed by atoms with E-state index in [1.54, 1.807) is 50.8 Å². The van der Waals surface area contributed by atoms with Gasteiger partial charge in [-0.15, -0.1) is 0 Å². The maximum absolute atomic E-state index is 15.6. The Morgan fingerprint density at radius 2 is 1.85 bits per heavy atom. The number of halogens is 3. The second kappa shape index (κ2) is 10.9. The Balaban J connectivity index is 1.78. The number of hydrogen-bond donors (Lipinski definition) is 1.